The van der Waals surface area contributed by atoms with Gasteiger partial charge in [-0.25, -0.2) is 4.98 Å². The molecule has 2 aromatic heterocycles. The van der Waals surface area contributed by atoms with Crippen molar-refractivity contribution in [1.82, 2.24) is 20.6 Å². The van der Waals surface area contributed by atoms with E-state index in [4.69, 9.17) is 34.7 Å². The molecule has 1 saturated carbocycles. The van der Waals surface area contributed by atoms with Gasteiger partial charge in [-0.1, -0.05) is 12.1 Å². The molecule has 16 heteroatoms. The van der Waals surface area contributed by atoms with Crippen molar-refractivity contribution < 1.29 is 44.0 Å². The Labute approximate surface area is 402 Å². The number of nitrogens with zero attached hydrogens (tertiary/aromatic N) is 4. The number of carbonyl (C=O) groups excluding carboxylic acids is 1. The van der Waals surface area contributed by atoms with Gasteiger partial charge in [-0.15, -0.1) is 0 Å². The monoisotopic (exact) mass is 939 g/mol. The van der Waals surface area contributed by atoms with Gasteiger partial charge in [-0.3, -0.25) is 24.7 Å². The van der Waals surface area contributed by atoms with E-state index in [-0.39, 0.29) is 59.5 Å². The van der Waals surface area contributed by atoms with Gasteiger partial charge in [-0.05, 0) is 122 Å². The summed E-state index contributed by atoms with van der Waals surface area (Å²) in [6.07, 6.45) is 20.4. The van der Waals surface area contributed by atoms with Gasteiger partial charge >= 0.3 is 5.97 Å². The summed E-state index contributed by atoms with van der Waals surface area (Å²) < 4.78 is 25.2. The van der Waals surface area contributed by atoms with Crippen LogP contribution in [0.25, 0.3) is 0 Å². The Hall–Kier alpha value is -6.65. The van der Waals surface area contributed by atoms with Crippen LogP contribution in [0.2, 0.25) is 0 Å². The van der Waals surface area contributed by atoms with Crippen molar-refractivity contribution in [3.05, 3.63) is 119 Å². The van der Waals surface area contributed by atoms with Crippen LogP contribution in [0.1, 0.15) is 99.5 Å². The Morgan fingerprint density at radius 2 is 1.87 bits per heavy atom. The molecule has 362 valence electrons. The quantitative estimate of drug-likeness (QED) is 0.0434. The van der Waals surface area contributed by atoms with E-state index in [1.54, 1.807) is 30.7 Å². The molecule has 69 heavy (non-hydrogen) atoms. The highest BCUT2D eigenvalue weighted by Crippen LogP contribution is 2.45. The number of phenols is 3. The molecule has 3 saturated heterocycles. The van der Waals surface area contributed by atoms with Gasteiger partial charge in [0.1, 0.15) is 36.0 Å². The number of hydrogen-bond donors (Lipinski definition) is 7. The number of aromatic nitrogens is 2. The number of fused-ring (bicyclic) bond motifs is 6. The predicted octanol–water partition coefficient (Wildman–Crippen LogP) is 5.68. The van der Waals surface area contributed by atoms with Crippen molar-refractivity contribution in [3.8, 4) is 28.7 Å². The molecule has 7 heterocycles. The molecule has 9 atom stereocenters. The number of anilines is 1. The number of guanidine groups is 1. The van der Waals surface area contributed by atoms with E-state index in [0.29, 0.717) is 67.7 Å². The molecule has 2 aromatic carbocycles. The highest BCUT2D eigenvalue weighted by atomic mass is 16.6. The molecule has 1 spiro atoms. The van der Waals surface area contributed by atoms with Crippen LogP contribution in [0.4, 0.5) is 5.82 Å². The fraction of sp³-hybridized carbons (Fsp3) is 0.453. The van der Waals surface area contributed by atoms with Gasteiger partial charge in [-0.2, -0.15) is 0 Å². The maximum absolute atomic E-state index is 12.2. The van der Waals surface area contributed by atoms with Gasteiger partial charge in [0.05, 0.1) is 30.3 Å². The topological polar surface area (TPSA) is 220 Å². The third kappa shape index (κ3) is 10.4. The van der Waals surface area contributed by atoms with Crippen molar-refractivity contribution in [2.24, 2.45) is 15.9 Å². The summed E-state index contributed by atoms with van der Waals surface area (Å²) in [6.45, 7) is 2.31. The molecule has 5 aliphatic heterocycles. The molecule has 10 rings (SSSR count). The molecule has 8 N–H and O–H groups in total. The molecule has 0 amide bonds. The van der Waals surface area contributed by atoms with Crippen LogP contribution in [0.5, 0.6) is 28.7 Å². The molecule has 0 radical (unpaired) electrons. The van der Waals surface area contributed by atoms with Crippen molar-refractivity contribution in [3.63, 3.8) is 0 Å². The number of benzene rings is 2. The number of pyridine rings is 2. The number of quaternary nitrogens is 1. The summed E-state index contributed by atoms with van der Waals surface area (Å²) >= 11 is 0. The van der Waals surface area contributed by atoms with Crippen LogP contribution in [-0.2, 0) is 33.5 Å². The first-order valence-corrected chi connectivity index (χ1v) is 24.6. The second-order valence-corrected chi connectivity index (χ2v) is 19.5. The lowest BCUT2D eigenvalue weighted by atomic mass is 9.66. The summed E-state index contributed by atoms with van der Waals surface area (Å²) in [5.41, 5.74) is 11.8. The van der Waals surface area contributed by atoms with Crippen molar-refractivity contribution in [1.29, 1.82) is 0 Å². The third-order valence-electron chi connectivity index (χ3n) is 14.8. The maximum Gasteiger partial charge on any atom is 0.302 e. The molecule has 6 aliphatic rings. The van der Waals surface area contributed by atoms with E-state index < -0.39 is 12.2 Å². The zero-order chi connectivity index (χ0) is 47.5. The number of hydrogen-bond acceptors (Lipinski definition) is 13. The number of allylic oxidation sites excluding steroid dienone is 1. The van der Waals surface area contributed by atoms with Gasteiger partial charge in [0.25, 0.3) is 0 Å². The first kappa shape index (κ1) is 46.1. The number of carbonyl (C=O) groups is 1. The first-order chi connectivity index (χ1) is 33.6. The number of aromatic hydroxyl groups is 3. The summed E-state index contributed by atoms with van der Waals surface area (Å²) in [6, 6.07) is 16.8. The van der Waals surface area contributed by atoms with E-state index in [9.17, 15) is 20.1 Å². The summed E-state index contributed by atoms with van der Waals surface area (Å²) in [5, 5.41) is 40.5. The molecule has 4 aromatic rings. The molecule has 9 unspecified atom stereocenters. The largest absolute Gasteiger partial charge is 0.504 e. The van der Waals surface area contributed by atoms with E-state index >= 15 is 0 Å². The van der Waals surface area contributed by atoms with Crippen molar-refractivity contribution in [2.75, 3.05) is 18.9 Å². The van der Waals surface area contributed by atoms with Crippen LogP contribution < -0.4 is 30.7 Å². The lowest BCUT2D eigenvalue weighted by Gasteiger charge is -2.55. The predicted molar refractivity (Wildman–Crippen MR) is 259 cm³/mol. The number of rotatable bonds is 15. The zero-order valence-electron chi connectivity index (χ0n) is 39.1. The average Bonchev–Trinajstić information content (AvgIpc) is 3.95. The van der Waals surface area contributed by atoms with E-state index in [1.807, 2.05) is 42.6 Å². The van der Waals surface area contributed by atoms with Crippen LogP contribution in [0.3, 0.4) is 0 Å². The number of ether oxygens (including phenoxy) is 4. The third-order valence-corrected chi connectivity index (χ3v) is 14.8. The first-order valence-electron chi connectivity index (χ1n) is 24.6. The molecular weight excluding hydrogens is 877 g/mol. The number of nitrogens with one attached hydrogen (secondary N) is 3. The number of aryl methyl sites for hydroxylation is 2. The smallest absolute Gasteiger partial charge is 0.302 e. The number of piperidine rings is 1. The molecule has 0 bridgehead atoms. The molecular formula is C53H63N8O8+. The minimum Gasteiger partial charge on any atom is -0.504 e. The highest BCUT2D eigenvalue weighted by Gasteiger charge is 2.58. The fourth-order valence-corrected chi connectivity index (χ4v) is 11.6. The summed E-state index contributed by atoms with van der Waals surface area (Å²) in [7, 11) is 0. The Bertz CT molecular complexity index is 2640. The number of esters is 1. The van der Waals surface area contributed by atoms with Crippen molar-refractivity contribution >= 4 is 24.0 Å². The Balaban J connectivity index is 0.817. The number of aliphatic imine (C=N–C) groups is 2. The van der Waals surface area contributed by atoms with Gasteiger partial charge in [0, 0.05) is 76.0 Å². The molecule has 16 nitrogen and oxygen atoms in total. The Morgan fingerprint density at radius 3 is 2.72 bits per heavy atom. The van der Waals surface area contributed by atoms with Gasteiger partial charge in [0.2, 0.25) is 5.75 Å². The van der Waals surface area contributed by atoms with Gasteiger partial charge in [0.15, 0.2) is 35.1 Å². The van der Waals surface area contributed by atoms with E-state index in [2.05, 4.69) is 32.9 Å². The zero-order valence-corrected chi connectivity index (χ0v) is 39.1. The molecule has 1 aliphatic carbocycles. The number of nitrogen functional groups attached to an aromatic ring is 1. The highest BCUT2D eigenvalue weighted by molar-refractivity contribution is 5.82. The maximum atomic E-state index is 12.2. The SMILES string of the molecule is CC(=O)OC1CC(CCc2ccc(O)c(OC3CCCC4(C3)NC(=NCCCc3ccnc(N)c3)NC3C4CCC4C5=CC=NC5=C[NH+]43)c2)OC(c2cc(O)c(O)c(OCCc3cccnc3)c2)C1. The van der Waals surface area contributed by atoms with Gasteiger partial charge < -0.3 is 50.6 Å². The minimum absolute atomic E-state index is 0.0937. The van der Waals surface area contributed by atoms with Crippen LogP contribution in [-0.4, -0.2) is 92.6 Å². The van der Waals surface area contributed by atoms with Crippen molar-refractivity contribution in [2.45, 2.75) is 133 Å². The fourth-order valence-electron chi connectivity index (χ4n) is 11.6. The van der Waals surface area contributed by atoms with Crippen LogP contribution in [0, 0.1) is 5.92 Å². The standard InChI is InChI=1S/C53H62N8O8/c1-32(62)67-39-27-37(68-46(28-39)36-25-45(64)50(65)48(26-36)66-22-16-35-6-3-18-55-30-35)10-8-34-9-13-44(63)47(23-34)69-38-7-2-17-53(29-38)41-11-12-43-40-15-21-56-42(40)31-61(43)51(41)59-52(60-53)58-19-4-5-33-14-20-57-49(54)24-33/h3,6,9,13-15,18,20-21,23-26,30-31,37-39,41,43,46,51,63-65H,2,4-5,7-8,10-12,16-17,19,22,27-29H2,1H3,(H2,54,57)(H2,58,59,60)/p+1. The Morgan fingerprint density at radius 1 is 0.971 bits per heavy atom. The summed E-state index contributed by atoms with van der Waals surface area (Å²) in [5.74, 6) is 1.30. The molecule has 4 fully saturated rings. The lowest BCUT2D eigenvalue weighted by Crippen LogP contribution is -3.19. The Kier molecular flexibility index (Phi) is 13.5. The lowest BCUT2D eigenvalue weighted by molar-refractivity contribution is -0.905. The second kappa shape index (κ2) is 20.1. The number of nitrogens with two attached hydrogens (primary N) is 1. The van der Waals surface area contributed by atoms with Crippen LogP contribution >= 0.6 is 0 Å². The average molecular weight is 940 g/mol. The normalized spacial score (nSPS) is 28.4. The summed E-state index contributed by atoms with van der Waals surface area (Å²) in [4.78, 5) is 31.7. The minimum atomic E-state index is -0.540. The van der Waals surface area contributed by atoms with E-state index in [0.717, 1.165) is 79.7 Å². The van der Waals surface area contributed by atoms with E-state index in [1.165, 1.54) is 23.5 Å². The second-order valence-electron chi connectivity index (χ2n) is 19.5. The number of phenolic OH excluding ortho intramolecular Hbond substituents is 3. The van der Waals surface area contributed by atoms with Crippen LogP contribution in [0.15, 0.2) is 107 Å².